The van der Waals surface area contributed by atoms with E-state index in [4.69, 9.17) is 18.0 Å². The van der Waals surface area contributed by atoms with Crippen LogP contribution in [0.5, 0.6) is 0 Å². The van der Waals surface area contributed by atoms with E-state index in [0.29, 0.717) is 17.5 Å². The second-order valence-electron chi connectivity index (χ2n) is 4.96. The van der Waals surface area contributed by atoms with Crippen molar-refractivity contribution in [3.63, 3.8) is 0 Å². The summed E-state index contributed by atoms with van der Waals surface area (Å²) >= 11 is 5.01. The summed E-state index contributed by atoms with van der Waals surface area (Å²) < 4.78 is 0. The molecule has 0 fully saturated rings. The Hall–Kier alpha value is -1.62. The highest BCUT2D eigenvalue weighted by Gasteiger charge is 2.07. The minimum Gasteiger partial charge on any atom is -0.389 e. The third-order valence-electron chi connectivity index (χ3n) is 2.59. The van der Waals surface area contributed by atoms with Crippen LogP contribution in [0.1, 0.15) is 25.0 Å². The lowest BCUT2D eigenvalue weighted by Crippen LogP contribution is -2.32. The first-order valence-electron chi connectivity index (χ1n) is 6.31. The molecule has 0 atom stereocenters. The number of nitrogens with one attached hydrogen (secondary N) is 2. The normalized spacial score (nSPS) is 10.3. The number of aryl methyl sites for hydroxylation is 1. The molecule has 0 aliphatic rings. The van der Waals surface area contributed by atoms with Crippen molar-refractivity contribution in [2.45, 2.75) is 20.8 Å². The lowest BCUT2D eigenvalue weighted by Gasteiger charge is -2.13. The number of rotatable bonds is 6. The van der Waals surface area contributed by atoms with Crippen molar-refractivity contribution in [1.82, 2.24) is 5.32 Å². The van der Waals surface area contributed by atoms with Crippen LogP contribution in [0.25, 0.3) is 0 Å². The van der Waals surface area contributed by atoms with Gasteiger partial charge in [-0.05, 0) is 25.0 Å². The Kier molecular flexibility index (Phi) is 5.76. The number of hydrogen-bond acceptors (Lipinski definition) is 3. The largest absolute Gasteiger partial charge is 0.389 e. The molecule has 104 valence electrons. The van der Waals surface area contributed by atoms with Crippen molar-refractivity contribution in [2.24, 2.45) is 11.7 Å². The molecule has 0 spiro atoms. The molecule has 0 heterocycles. The predicted octanol–water partition coefficient (Wildman–Crippen LogP) is 1.81. The lowest BCUT2D eigenvalue weighted by atomic mass is 10.1. The molecule has 1 amide bonds. The zero-order valence-electron chi connectivity index (χ0n) is 11.6. The highest BCUT2D eigenvalue weighted by Crippen LogP contribution is 2.16. The van der Waals surface area contributed by atoms with Gasteiger partial charge in [-0.3, -0.25) is 4.79 Å². The molecule has 4 N–H and O–H groups in total. The quantitative estimate of drug-likeness (QED) is 0.695. The molecule has 0 unspecified atom stereocenters. The van der Waals surface area contributed by atoms with Crippen LogP contribution in [-0.2, 0) is 4.79 Å². The first kappa shape index (κ1) is 15.4. The van der Waals surface area contributed by atoms with Gasteiger partial charge in [0, 0.05) is 17.8 Å². The first-order chi connectivity index (χ1) is 8.90. The molecule has 19 heavy (non-hydrogen) atoms. The molecule has 0 bridgehead atoms. The van der Waals surface area contributed by atoms with Gasteiger partial charge in [0.1, 0.15) is 4.99 Å². The van der Waals surface area contributed by atoms with Crippen molar-refractivity contribution in [3.05, 3.63) is 29.3 Å². The van der Waals surface area contributed by atoms with Gasteiger partial charge in [-0.1, -0.05) is 37.7 Å². The van der Waals surface area contributed by atoms with Crippen LogP contribution in [0.15, 0.2) is 18.2 Å². The average Bonchev–Trinajstić information content (AvgIpc) is 2.34. The fraction of sp³-hybridized carbons (Fsp3) is 0.429. The summed E-state index contributed by atoms with van der Waals surface area (Å²) in [5.74, 6) is 0.402. The van der Waals surface area contributed by atoms with E-state index in [-0.39, 0.29) is 12.5 Å². The maximum absolute atomic E-state index is 11.6. The second-order valence-corrected chi connectivity index (χ2v) is 5.40. The molecular formula is C14H21N3OS. The van der Waals surface area contributed by atoms with E-state index in [2.05, 4.69) is 24.5 Å². The highest BCUT2D eigenvalue weighted by molar-refractivity contribution is 7.80. The van der Waals surface area contributed by atoms with Crippen LogP contribution in [0.2, 0.25) is 0 Å². The zero-order chi connectivity index (χ0) is 14.4. The minimum atomic E-state index is -0.0387. The fourth-order valence-corrected chi connectivity index (χ4v) is 1.74. The van der Waals surface area contributed by atoms with Gasteiger partial charge in [0.2, 0.25) is 5.91 Å². The molecule has 0 aromatic heterocycles. The molecule has 5 heteroatoms. The number of carbonyl (C=O) groups excluding carboxylic acids is 1. The Morgan fingerprint density at radius 2 is 2.11 bits per heavy atom. The highest BCUT2D eigenvalue weighted by atomic mass is 32.1. The summed E-state index contributed by atoms with van der Waals surface area (Å²) in [6, 6.07) is 5.76. The van der Waals surface area contributed by atoms with E-state index in [0.717, 1.165) is 16.8 Å². The fourth-order valence-electron chi connectivity index (χ4n) is 1.57. The van der Waals surface area contributed by atoms with E-state index in [1.165, 1.54) is 0 Å². The second kappa shape index (κ2) is 7.09. The minimum absolute atomic E-state index is 0.0387. The van der Waals surface area contributed by atoms with Gasteiger partial charge < -0.3 is 16.4 Å². The Bertz CT molecular complexity index is 472. The summed E-state index contributed by atoms with van der Waals surface area (Å²) in [6.45, 7) is 6.97. The molecule has 0 saturated carbocycles. The maximum Gasteiger partial charge on any atom is 0.239 e. The molecule has 1 aromatic rings. The van der Waals surface area contributed by atoms with Crippen LogP contribution >= 0.6 is 12.2 Å². The van der Waals surface area contributed by atoms with Crippen molar-refractivity contribution in [3.8, 4) is 0 Å². The molecule has 1 aromatic carbocycles. The first-order valence-corrected chi connectivity index (χ1v) is 6.72. The number of hydrogen-bond donors (Lipinski definition) is 3. The molecule has 1 rings (SSSR count). The number of carbonyl (C=O) groups is 1. The van der Waals surface area contributed by atoms with E-state index >= 15 is 0 Å². The van der Waals surface area contributed by atoms with Gasteiger partial charge in [0.05, 0.1) is 6.54 Å². The van der Waals surface area contributed by atoms with Crippen molar-refractivity contribution < 1.29 is 4.79 Å². The van der Waals surface area contributed by atoms with Crippen LogP contribution in [-0.4, -0.2) is 24.0 Å². The standard InChI is InChI=1S/C14H21N3OS/c1-9(2)7-17-13(18)8-16-12-5-4-10(3)6-11(12)14(15)19/h4-6,9,16H,7-8H2,1-3H3,(H2,15,19)(H,17,18). The van der Waals surface area contributed by atoms with Gasteiger partial charge in [-0.2, -0.15) is 0 Å². The molecule has 0 aliphatic carbocycles. The lowest BCUT2D eigenvalue weighted by molar-refractivity contribution is -0.119. The number of anilines is 1. The van der Waals surface area contributed by atoms with Gasteiger partial charge in [-0.25, -0.2) is 0 Å². The molecule has 0 radical (unpaired) electrons. The van der Waals surface area contributed by atoms with E-state index < -0.39 is 0 Å². The summed E-state index contributed by atoms with van der Waals surface area (Å²) in [4.78, 5) is 12.0. The smallest absolute Gasteiger partial charge is 0.239 e. The third kappa shape index (κ3) is 5.26. The molecule has 0 aliphatic heterocycles. The molecule has 0 saturated heterocycles. The summed E-state index contributed by atoms with van der Waals surface area (Å²) in [5, 5.41) is 5.91. The third-order valence-corrected chi connectivity index (χ3v) is 2.81. The van der Waals surface area contributed by atoms with Gasteiger partial charge in [0.15, 0.2) is 0 Å². The SMILES string of the molecule is Cc1ccc(NCC(=O)NCC(C)C)c(C(N)=S)c1. The van der Waals surface area contributed by atoms with E-state index in [9.17, 15) is 4.79 Å². The van der Waals surface area contributed by atoms with Crippen LogP contribution in [0.4, 0.5) is 5.69 Å². The van der Waals surface area contributed by atoms with Crippen LogP contribution < -0.4 is 16.4 Å². The van der Waals surface area contributed by atoms with Crippen LogP contribution in [0, 0.1) is 12.8 Å². The van der Waals surface area contributed by atoms with E-state index in [1.807, 2.05) is 25.1 Å². The topological polar surface area (TPSA) is 67.2 Å². The van der Waals surface area contributed by atoms with E-state index in [1.54, 1.807) is 0 Å². The number of nitrogens with two attached hydrogens (primary N) is 1. The maximum atomic E-state index is 11.6. The number of benzene rings is 1. The molecular weight excluding hydrogens is 258 g/mol. The average molecular weight is 279 g/mol. The van der Waals surface area contributed by atoms with Gasteiger partial charge >= 0.3 is 0 Å². The Balaban J connectivity index is 2.62. The number of amides is 1. The van der Waals surface area contributed by atoms with Gasteiger partial charge in [-0.15, -0.1) is 0 Å². The number of thiocarbonyl (C=S) groups is 1. The Morgan fingerprint density at radius 1 is 1.42 bits per heavy atom. The Labute approximate surface area is 119 Å². The zero-order valence-corrected chi connectivity index (χ0v) is 12.4. The van der Waals surface area contributed by atoms with Crippen molar-refractivity contribution in [2.75, 3.05) is 18.4 Å². The van der Waals surface area contributed by atoms with Crippen molar-refractivity contribution in [1.29, 1.82) is 0 Å². The predicted molar refractivity (Wildman–Crippen MR) is 83.4 cm³/mol. The van der Waals surface area contributed by atoms with Crippen molar-refractivity contribution >= 4 is 28.8 Å². The van der Waals surface area contributed by atoms with Gasteiger partial charge in [0.25, 0.3) is 0 Å². The van der Waals surface area contributed by atoms with Crippen LogP contribution in [0.3, 0.4) is 0 Å². The Morgan fingerprint density at radius 3 is 2.68 bits per heavy atom. The monoisotopic (exact) mass is 279 g/mol. The summed E-state index contributed by atoms with van der Waals surface area (Å²) in [6.07, 6.45) is 0. The summed E-state index contributed by atoms with van der Waals surface area (Å²) in [5.41, 5.74) is 8.32. The summed E-state index contributed by atoms with van der Waals surface area (Å²) in [7, 11) is 0. The molecule has 4 nitrogen and oxygen atoms in total.